The highest BCUT2D eigenvalue weighted by Gasteiger charge is 2.19. The molecule has 98 valence electrons. The van der Waals surface area contributed by atoms with Gasteiger partial charge >= 0.3 is 0 Å². The molecule has 2 rings (SSSR count). The second kappa shape index (κ2) is 6.52. The standard InChI is InChI=1S/C14H20N2O2/c15-14(17)13(12-4-2-1-3-5-12)6-7-16-8-10-18-11-9-16/h1-5,13H,6-11H2,(H2,15,17). The molecule has 0 bridgehead atoms. The summed E-state index contributed by atoms with van der Waals surface area (Å²) in [5, 5.41) is 0. The Kier molecular flexibility index (Phi) is 4.73. The fourth-order valence-corrected chi connectivity index (χ4v) is 2.29. The van der Waals surface area contributed by atoms with Gasteiger partial charge in [-0.1, -0.05) is 30.3 Å². The molecule has 0 radical (unpaired) electrons. The van der Waals surface area contributed by atoms with Gasteiger partial charge in [0.15, 0.2) is 0 Å². The van der Waals surface area contributed by atoms with E-state index in [4.69, 9.17) is 10.5 Å². The number of hydrogen-bond donors (Lipinski definition) is 1. The first-order chi connectivity index (χ1) is 8.77. The molecular weight excluding hydrogens is 228 g/mol. The summed E-state index contributed by atoms with van der Waals surface area (Å²) in [4.78, 5) is 13.9. The average Bonchev–Trinajstić information content (AvgIpc) is 2.41. The van der Waals surface area contributed by atoms with Gasteiger partial charge in [0.2, 0.25) is 5.91 Å². The van der Waals surface area contributed by atoms with Crippen LogP contribution in [0.5, 0.6) is 0 Å². The normalized spacial score (nSPS) is 18.4. The van der Waals surface area contributed by atoms with Crippen molar-refractivity contribution < 1.29 is 9.53 Å². The van der Waals surface area contributed by atoms with E-state index in [1.54, 1.807) is 0 Å². The van der Waals surface area contributed by atoms with Crippen LogP contribution in [0.4, 0.5) is 0 Å². The zero-order chi connectivity index (χ0) is 12.8. The van der Waals surface area contributed by atoms with E-state index in [9.17, 15) is 4.79 Å². The van der Waals surface area contributed by atoms with Gasteiger partial charge in [0, 0.05) is 13.1 Å². The summed E-state index contributed by atoms with van der Waals surface area (Å²) in [6.45, 7) is 4.35. The molecule has 0 aliphatic carbocycles. The summed E-state index contributed by atoms with van der Waals surface area (Å²) in [5.41, 5.74) is 6.51. The number of morpholine rings is 1. The molecule has 4 heteroatoms. The Labute approximate surface area is 108 Å². The van der Waals surface area contributed by atoms with Crippen LogP contribution in [0.1, 0.15) is 17.9 Å². The maximum absolute atomic E-state index is 11.6. The molecule has 1 amide bonds. The molecule has 1 aliphatic heterocycles. The Hall–Kier alpha value is -1.39. The second-order valence-corrected chi connectivity index (χ2v) is 4.61. The number of hydrogen-bond acceptors (Lipinski definition) is 3. The minimum absolute atomic E-state index is 0.186. The predicted octanol–water partition coefficient (Wildman–Crippen LogP) is 0.978. The number of ether oxygens (including phenoxy) is 1. The topological polar surface area (TPSA) is 55.6 Å². The van der Waals surface area contributed by atoms with Gasteiger partial charge in [-0.15, -0.1) is 0 Å². The highest BCUT2D eigenvalue weighted by Crippen LogP contribution is 2.19. The van der Waals surface area contributed by atoms with Crippen LogP contribution in [0, 0.1) is 0 Å². The van der Waals surface area contributed by atoms with E-state index in [1.165, 1.54) is 0 Å². The van der Waals surface area contributed by atoms with Crippen molar-refractivity contribution in [3.63, 3.8) is 0 Å². The van der Waals surface area contributed by atoms with E-state index in [2.05, 4.69) is 4.90 Å². The van der Waals surface area contributed by atoms with E-state index in [0.717, 1.165) is 44.8 Å². The maximum Gasteiger partial charge on any atom is 0.225 e. The number of nitrogens with zero attached hydrogens (tertiary/aromatic N) is 1. The Morgan fingerprint density at radius 1 is 1.28 bits per heavy atom. The predicted molar refractivity (Wildman–Crippen MR) is 70.3 cm³/mol. The first kappa shape index (κ1) is 13.1. The highest BCUT2D eigenvalue weighted by atomic mass is 16.5. The molecule has 2 N–H and O–H groups in total. The van der Waals surface area contributed by atoms with Gasteiger partial charge in [-0.05, 0) is 18.5 Å². The molecule has 1 aromatic rings. The van der Waals surface area contributed by atoms with Gasteiger partial charge in [-0.2, -0.15) is 0 Å². The summed E-state index contributed by atoms with van der Waals surface area (Å²) in [5.74, 6) is -0.427. The summed E-state index contributed by atoms with van der Waals surface area (Å²) >= 11 is 0. The van der Waals surface area contributed by atoms with Crippen molar-refractivity contribution in [3.8, 4) is 0 Å². The Morgan fingerprint density at radius 3 is 2.56 bits per heavy atom. The van der Waals surface area contributed by atoms with Gasteiger partial charge in [0.25, 0.3) is 0 Å². The van der Waals surface area contributed by atoms with E-state index in [0.29, 0.717) is 0 Å². The van der Waals surface area contributed by atoms with Crippen LogP contribution in [-0.4, -0.2) is 43.7 Å². The lowest BCUT2D eigenvalue weighted by atomic mass is 9.95. The fourth-order valence-electron chi connectivity index (χ4n) is 2.29. The van der Waals surface area contributed by atoms with Crippen molar-refractivity contribution >= 4 is 5.91 Å². The zero-order valence-corrected chi connectivity index (χ0v) is 10.5. The lowest BCUT2D eigenvalue weighted by molar-refractivity contribution is -0.119. The summed E-state index contributed by atoms with van der Waals surface area (Å²) in [6, 6.07) is 9.77. The summed E-state index contributed by atoms with van der Waals surface area (Å²) in [7, 11) is 0. The van der Waals surface area contributed by atoms with Gasteiger partial charge < -0.3 is 10.5 Å². The molecule has 0 aromatic heterocycles. The van der Waals surface area contributed by atoms with Crippen molar-refractivity contribution in [1.82, 2.24) is 4.90 Å². The monoisotopic (exact) mass is 248 g/mol. The largest absolute Gasteiger partial charge is 0.379 e. The lowest BCUT2D eigenvalue weighted by Crippen LogP contribution is -2.38. The minimum atomic E-state index is -0.241. The fraction of sp³-hybridized carbons (Fsp3) is 0.500. The van der Waals surface area contributed by atoms with Crippen LogP contribution in [0.2, 0.25) is 0 Å². The van der Waals surface area contributed by atoms with Crippen LogP contribution in [-0.2, 0) is 9.53 Å². The molecule has 0 spiro atoms. The third-order valence-corrected chi connectivity index (χ3v) is 3.38. The molecule has 1 unspecified atom stereocenters. The molecule has 4 nitrogen and oxygen atoms in total. The molecule has 1 atom stereocenters. The maximum atomic E-state index is 11.6. The SMILES string of the molecule is NC(=O)C(CCN1CCOCC1)c1ccccc1. The number of carbonyl (C=O) groups is 1. The number of nitrogens with two attached hydrogens (primary N) is 1. The van der Waals surface area contributed by atoms with E-state index < -0.39 is 0 Å². The molecule has 1 aromatic carbocycles. The Balaban J connectivity index is 1.92. The molecular formula is C14H20N2O2. The van der Waals surface area contributed by atoms with Crippen molar-refractivity contribution in [2.24, 2.45) is 5.73 Å². The second-order valence-electron chi connectivity index (χ2n) is 4.61. The van der Waals surface area contributed by atoms with Gasteiger partial charge in [0.05, 0.1) is 19.1 Å². The first-order valence-electron chi connectivity index (χ1n) is 6.42. The first-order valence-corrected chi connectivity index (χ1v) is 6.42. The van der Waals surface area contributed by atoms with Gasteiger partial charge in [-0.25, -0.2) is 0 Å². The molecule has 1 heterocycles. The quantitative estimate of drug-likeness (QED) is 0.845. The molecule has 18 heavy (non-hydrogen) atoms. The molecule has 1 fully saturated rings. The third-order valence-electron chi connectivity index (χ3n) is 3.38. The number of benzene rings is 1. The number of rotatable bonds is 5. The highest BCUT2D eigenvalue weighted by molar-refractivity contribution is 5.81. The van der Waals surface area contributed by atoms with Crippen molar-refractivity contribution in [1.29, 1.82) is 0 Å². The van der Waals surface area contributed by atoms with Crippen molar-refractivity contribution in [2.75, 3.05) is 32.8 Å². The van der Waals surface area contributed by atoms with E-state index in [-0.39, 0.29) is 11.8 Å². The summed E-state index contributed by atoms with van der Waals surface area (Å²) < 4.78 is 5.31. The molecule has 0 saturated carbocycles. The minimum Gasteiger partial charge on any atom is -0.379 e. The number of amides is 1. The molecule has 1 saturated heterocycles. The Morgan fingerprint density at radius 2 is 1.94 bits per heavy atom. The van der Waals surface area contributed by atoms with Crippen LogP contribution in [0.25, 0.3) is 0 Å². The van der Waals surface area contributed by atoms with Gasteiger partial charge in [-0.3, -0.25) is 9.69 Å². The third kappa shape index (κ3) is 3.55. The lowest BCUT2D eigenvalue weighted by Gasteiger charge is -2.27. The molecule has 1 aliphatic rings. The van der Waals surface area contributed by atoms with E-state index in [1.807, 2.05) is 30.3 Å². The van der Waals surface area contributed by atoms with Crippen LogP contribution < -0.4 is 5.73 Å². The summed E-state index contributed by atoms with van der Waals surface area (Å²) in [6.07, 6.45) is 0.777. The van der Waals surface area contributed by atoms with Crippen molar-refractivity contribution in [3.05, 3.63) is 35.9 Å². The van der Waals surface area contributed by atoms with Crippen molar-refractivity contribution in [2.45, 2.75) is 12.3 Å². The Bertz CT molecular complexity index is 375. The number of primary amides is 1. The average molecular weight is 248 g/mol. The smallest absolute Gasteiger partial charge is 0.225 e. The van der Waals surface area contributed by atoms with Crippen LogP contribution in [0.3, 0.4) is 0 Å². The number of carbonyl (C=O) groups excluding carboxylic acids is 1. The van der Waals surface area contributed by atoms with Gasteiger partial charge in [0.1, 0.15) is 0 Å². The van der Waals surface area contributed by atoms with Crippen LogP contribution in [0.15, 0.2) is 30.3 Å². The zero-order valence-electron chi connectivity index (χ0n) is 10.5. The van der Waals surface area contributed by atoms with E-state index >= 15 is 0 Å². The van der Waals surface area contributed by atoms with Crippen LogP contribution >= 0.6 is 0 Å².